The topological polar surface area (TPSA) is 42.2 Å². The largest absolute Gasteiger partial charge is 0.454 e. The first-order chi connectivity index (χ1) is 28.7. The van der Waals surface area contributed by atoms with Gasteiger partial charge in [-0.2, -0.15) is 0 Å². The summed E-state index contributed by atoms with van der Waals surface area (Å²) in [6, 6.07) is 74.4. The number of furan rings is 1. The van der Waals surface area contributed by atoms with Crippen LogP contribution in [0.5, 0.6) is 0 Å². The van der Waals surface area contributed by atoms with E-state index in [2.05, 4.69) is 205 Å². The van der Waals surface area contributed by atoms with E-state index >= 15 is 0 Å². The van der Waals surface area contributed by atoms with Gasteiger partial charge in [-0.15, -0.1) is 0 Å². The summed E-state index contributed by atoms with van der Waals surface area (Å²) in [6.45, 7) is 0. The molecule has 0 fully saturated rings. The van der Waals surface area contributed by atoms with Crippen LogP contribution < -0.4 is 4.90 Å². The molecule has 4 nitrogen and oxygen atoms in total. The van der Waals surface area contributed by atoms with Crippen LogP contribution in [0.4, 0.5) is 17.1 Å². The van der Waals surface area contributed by atoms with Crippen LogP contribution in [-0.2, 0) is 0 Å². The Labute approximate surface area is 335 Å². The van der Waals surface area contributed by atoms with Gasteiger partial charge in [0, 0.05) is 38.8 Å². The third-order valence-corrected chi connectivity index (χ3v) is 11.0. The van der Waals surface area contributed by atoms with Crippen molar-refractivity contribution in [1.82, 2.24) is 9.97 Å². The van der Waals surface area contributed by atoms with E-state index in [1.165, 1.54) is 10.9 Å². The molecule has 0 N–H and O–H groups in total. The molecule has 11 rings (SSSR count). The van der Waals surface area contributed by atoms with Gasteiger partial charge >= 0.3 is 0 Å². The van der Waals surface area contributed by atoms with Crippen molar-refractivity contribution in [2.45, 2.75) is 0 Å². The van der Waals surface area contributed by atoms with Gasteiger partial charge < -0.3 is 9.32 Å². The molecule has 58 heavy (non-hydrogen) atoms. The lowest BCUT2D eigenvalue weighted by molar-refractivity contribution is 0.669. The van der Waals surface area contributed by atoms with Crippen molar-refractivity contribution in [3.05, 3.63) is 212 Å². The van der Waals surface area contributed by atoms with E-state index in [9.17, 15) is 0 Å². The van der Waals surface area contributed by atoms with Gasteiger partial charge in [-0.3, -0.25) is 0 Å². The lowest BCUT2D eigenvalue weighted by Crippen LogP contribution is -2.10. The summed E-state index contributed by atoms with van der Waals surface area (Å²) in [5.41, 5.74) is 11.5. The number of rotatable bonds is 7. The maximum absolute atomic E-state index is 7.09. The summed E-state index contributed by atoms with van der Waals surface area (Å²) in [7, 11) is 0. The van der Waals surface area contributed by atoms with Gasteiger partial charge in [-0.25, -0.2) is 9.97 Å². The van der Waals surface area contributed by atoms with Gasteiger partial charge in [0.1, 0.15) is 5.58 Å². The van der Waals surface area contributed by atoms with E-state index in [-0.39, 0.29) is 0 Å². The van der Waals surface area contributed by atoms with E-state index in [1.54, 1.807) is 0 Å². The van der Waals surface area contributed by atoms with Gasteiger partial charge in [0.15, 0.2) is 11.4 Å². The van der Waals surface area contributed by atoms with Crippen molar-refractivity contribution in [2.75, 3.05) is 4.90 Å². The van der Waals surface area contributed by atoms with E-state index in [0.717, 1.165) is 88.8 Å². The Morgan fingerprint density at radius 2 is 0.897 bits per heavy atom. The minimum Gasteiger partial charge on any atom is -0.454 e. The molecule has 11 aromatic rings. The quantitative estimate of drug-likeness (QED) is 0.163. The Kier molecular flexibility index (Phi) is 8.11. The Balaban J connectivity index is 1.19. The fourth-order valence-corrected chi connectivity index (χ4v) is 8.17. The minimum absolute atomic E-state index is 0.636. The van der Waals surface area contributed by atoms with E-state index in [1.807, 2.05) is 12.1 Å². The summed E-state index contributed by atoms with van der Waals surface area (Å²) >= 11 is 0. The predicted octanol–water partition coefficient (Wildman–Crippen LogP) is 14.8. The number of benzene rings is 9. The third-order valence-electron chi connectivity index (χ3n) is 11.0. The average molecular weight is 742 g/mol. The molecule has 9 aromatic carbocycles. The number of fused-ring (bicyclic) bond motifs is 5. The molecule has 2 aromatic heterocycles. The summed E-state index contributed by atoms with van der Waals surface area (Å²) in [5.74, 6) is 0.636. The number of aromatic nitrogens is 2. The Morgan fingerprint density at radius 1 is 0.379 bits per heavy atom. The standard InChI is InChI=1S/C54H35N3O/c1-4-14-36(15-5-1)38-24-27-44(28-25-38)57(45-29-26-37-16-10-11-21-41(37)32-45)50-31-30-46(52-47-33-42-22-12-13-23-43(42)34-51(47)58-53(50)52)54-55-48(39-17-6-2-7-18-39)35-49(56-54)40-19-8-3-9-20-40/h1-35H. The number of hydrogen-bond acceptors (Lipinski definition) is 4. The molecule has 0 amide bonds. The highest BCUT2D eigenvalue weighted by atomic mass is 16.3. The van der Waals surface area contributed by atoms with Gasteiger partial charge in [0.05, 0.1) is 17.1 Å². The van der Waals surface area contributed by atoms with Crippen molar-refractivity contribution in [3.8, 4) is 45.0 Å². The smallest absolute Gasteiger partial charge is 0.161 e. The molecule has 0 radical (unpaired) electrons. The number of anilines is 3. The maximum Gasteiger partial charge on any atom is 0.161 e. The molecule has 272 valence electrons. The van der Waals surface area contributed by atoms with Crippen LogP contribution in [0.1, 0.15) is 0 Å². The first-order valence-corrected chi connectivity index (χ1v) is 19.6. The fraction of sp³-hybridized carbons (Fsp3) is 0. The van der Waals surface area contributed by atoms with Gasteiger partial charge in [0.2, 0.25) is 0 Å². The zero-order valence-corrected chi connectivity index (χ0v) is 31.5. The maximum atomic E-state index is 7.09. The number of hydrogen-bond donors (Lipinski definition) is 0. The lowest BCUT2D eigenvalue weighted by Gasteiger charge is -2.26. The molecule has 0 unspecified atom stereocenters. The normalized spacial score (nSPS) is 11.4. The van der Waals surface area contributed by atoms with Crippen LogP contribution >= 0.6 is 0 Å². The molecular weight excluding hydrogens is 707 g/mol. The van der Waals surface area contributed by atoms with E-state index < -0.39 is 0 Å². The molecule has 0 bridgehead atoms. The van der Waals surface area contributed by atoms with Crippen LogP contribution in [0, 0.1) is 0 Å². The fourth-order valence-electron chi connectivity index (χ4n) is 8.17. The van der Waals surface area contributed by atoms with Crippen molar-refractivity contribution in [1.29, 1.82) is 0 Å². The third kappa shape index (κ3) is 5.96. The van der Waals surface area contributed by atoms with Gasteiger partial charge in [-0.1, -0.05) is 158 Å². The molecule has 2 heterocycles. The average Bonchev–Trinajstić information content (AvgIpc) is 3.68. The van der Waals surface area contributed by atoms with Crippen molar-refractivity contribution >= 4 is 60.5 Å². The van der Waals surface area contributed by atoms with Gasteiger partial charge in [-0.05, 0) is 87.3 Å². The molecule has 0 saturated carbocycles. The first kappa shape index (κ1) is 33.5. The molecule has 0 aliphatic carbocycles. The van der Waals surface area contributed by atoms with Crippen LogP contribution in [0.3, 0.4) is 0 Å². The predicted molar refractivity (Wildman–Crippen MR) is 241 cm³/mol. The van der Waals surface area contributed by atoms with E-state index in [0.29, 0.717) is 5.82 Å². The Morgan fingerprint density at radius 3 is 1.53 bits per heavy atom. The second-order valence-corrected chi connectivity index (χ2v) is 14.6. The summed E-state index contributed by atoms with van der Waals surface area (Å²) in [4.78, 5) is 12.9. The highest BCUT2D eigenvalue weighted by Crippen LogP contribution is 2.47. The zero-order valence-electron chi connectivity index (χ0n) is 31.5. The molecule has 0 saturated heterocycles. The van der Waals surface area contributed by atoms with Gasteiger partial charge in [0.25, 0.3) is 0 Å². The van der Waals surface area contributed by atoms with Crippen LogP contribution in [0.15, 0.2) is 217 Å². The summed E-state index contributed by atoms with van der Waals surface area (Å²) in [6.07, 6.45) is 0. The molecular formula is C54H35N3O. The monoisotopic (exact) mass is 741 g/mol. The van der Waals surface area contributed by atoms with Crippen molar-refractivity contribution in [2.24, 2.45) is 0 Å². The van der Waals surface area contributed by atoms with Crippen LogP contribution in [0.25, 0.3) is 88.5 Å². The molecule has 0 aliphatic heterocycles. The molecule has 0 spiro atoms. The SMILES string of the molecule is c1ccc(-c2ccc(N(c3ccc4ccccc4c3)c3ccc(-c4nc(-c5ccccc5)cc(-c5ccccc5)n4)c4c3oc3cc5ccccc5cc34)cc2)cc1. The highest BCUT2D eigenvalue weighted by molar-refractivity contribution is 6.19. The molecule has 0 aliphatic rings. The summed E-state index contributed by atoms with van der Waals surface area (Å²) < 4.78 is 7.09. The lowest BCUT2D eigenvalue weighted by atomic mass is 10.00. The number of nitrogens with zero attached hydrogens (tertiary/aromatic N) is 3. The second-order valence-electron chi connectivity index (χ2n) is 14.6. The highest BCUT2D eigenvalue weighted by Gasteiger charge is 2.24. The van der Waals surface area contributed by atoms with Crippen LogP contribution in [-0.4, -0.2) is 9.97 Å². The molecule has 0 atom stereocenters. The van der Waals surface area contributed by atoms with Crippen LogP contribution in [0.2, 0.25) is 0 Å². The minimum atomic E-state index is 0.636. The van der Waals surface area contributed by atoms with E-state index in [4.69, 9.17) is 14.4 Å². The first-order valence-electron chi connectivity index (χ1n) is 19.6. The molecule has 4 heteroatoms. The Hall–Kier alpha value is -7.82. The zero-order chi connectivity index (χ0) is 38.4. The second kappa shape index (κ2) is 14.0. The summed E-state index contributed by atoms with van der Waals surface area (Å²) in [5, 5.41) is 6.59. The van der Waals surface area contributed by atoms with Crippen molar-refractivity contribution < 1.29 is 4.42 Å². The van der Waals surface area contributed by atoms with Crippen molar-refractivity contribution in [3.63, 3.8) is 0 Å². The Bertz CT molecular complexity index is 3210.